The molecule has 0 aliphatic carbocycles. The van der Waals surface area contributed by atoms with E-state index in [4.69, 9.17) is 0 Å². The van der Waals surface area contributed by atoms with Gasteiger partial charge in [0.1, 0.15) is 0 Å². The van der Waals surface area contributed by atoms with Crippen molar-refractivity contribution in [2.24, 2.45) is 20.0 Å². The quantitative estimate of drug-likeness (QED) is 0.911. The van der Waals surface area contributed by atoms with Gasteiger partial charge in [-0.2, -0.15) is 0 Å². The van der Waals surface area contributed by atoms with Crippen LogP contribution >= 0.6 is 0 Å². The highest BCUT2D eigenvalue weighted by Gasteiger charge is 2.20. The lowest BCUT2D eigenvalue weighted by atomic mass is 9.89. The lowest BCUT2D eigenvalue weighted by molar-refractivity contribution is 0.360. The zero-order chi connectivity index (χ0) is 14.9. The molecule has 110 valence electrons. The highest BCUT2D eigenvalue weighted by Crippen LogP contribution is 2.28. The van der Waals surface area contributed by atoms with Gasteiger partial charge in [0.05, 0.1) is 11.0 Å². The predicted molar refractivity (Wildman–Crippen MR) is 84.0 cm³/mol. The fourth-order valence-electron chi connectivity index (χ4n) is 3.15. The molecule has 1 aromatic carbocycles. The van der Waals surface area contributed by atoms with Gasteiger partial charge in [-0.1, -0.05) is 32.8 Å². The molecule has 0 saturated carbocycles. The van der Waals surface area contributed by atoms with Crippen molar-refractivity contribution in [2.45, 2.75) is 32.7 Å². The van der Waals surface area contributed by atoms with Gasteiger partial charge in [-0.05, 0) is 30.7 Å². The molecule has 0 aliphatic rings. The summed E-state index contributed by atoms with van der Waals surface area (Å²) in [7, 11) is 5.66. The maximum atomic E-state index is 12.0. The average molecular weight is 275 g/mol. The second kappa shape index (κ2) is 5.83. The van der Waals surface area contributed by atoms with E-state index in [-0.39, 0.29) is 5.69 Å². The molecule has 1 heterocycles. The van der Waals surface area contributed by atoms with Crippen molar-refractivity contribution in [2.75, 3.05) is 7.05 Å². The molecule has 2 rings (SSSR count). The summed E-state index contributed by atoms with van der Waals surface area (Å²) in [6.45, 7) is 4.46. The summed E-state index contributed by atoms with van der Waals surface area (Å²) < 4.78 is 3.42. The Morgan fingerprint density at radius 3 is 2.25 bits per heavy atom. The summed E-state index contributed by atoms with van der Waals surface area (Å²) in [6.07, 6.45) is 2.29. The molecule has 0 saturated heterocycles. The first-order chi connectivity index (χ1) is 9.54. The molecule has 4 nitrogen and oxygen atoms in total. The van der Waals surface area contributed by atoms with Crippen LogP contribution in [0.1, 0.15) is 38.3 Å². The Bertz CT molecular complexity index is 650. The topological polar surface area (TPSA) is 39.0 Å². The fourth-order valence-corrected chi connectivity index (χ4v) is 3.15. The third-order valence-corrected chi connectivity index (χ3v) is 4.49. The number of aromatic nitrogens is 2. The average Bonchev–Trinajstić information content (AvgIpc) is 2.69. The Labute approximate surface area is 120 Å². The fraction of sp³-hybridized carbons (Fsp3) is 0.562. The third-order valence-electron chi connectivity index (χ3n) is 4.49. The number of rotatable bonds is 5. The Morgan fingerprint density at radius 2 is 1.70 bits per heavy atom. The largest absolute Gasteiger partial charge is 0.328 e. The van der Waals surface area contributed by atoms with Gasteiger partial charge in [-0.15, -0.1) is 0 Å². The third kappa shape index (κ3) is 2.29. The summed E-state index contributed by atoms with van der Waals surface area (Å²) in [5.41, 5.74) is 3.28. The molecule has 1 aromatic heterocycles. The lowest BCUT2D eigenvalue weighted by Gasteiger charge is -2.25. The monoisotopic (exact) mass is 275 g/mol. The molecule has 0 fully saturated rings. The predicted octanol–water partition coefficient (Wildman–Crippen LogP) is 2.57. The van der Waals surface area contributed by atoms with E-state index < -0.39 is 0 Å². The molecule has 0 amide bonds. The Balaban J connectivity index is 2.55. The zero-order valence-electron chi connectivity index (χ0n) is 13.1. The molecule has 20 heavy (non-hydrogen) atoms. The van der Waals surface area contributed by atoms with Crippen molar-refractivity contribution in [1.82, 2.24) is 14.5 Å². The van der Waals surface area contributed by atoms with Gasteiger partial charge in [0.25, 0.3) is 0 Å². The van der Waals surface area contributed by atoms with Crippen LogP contribution in [-0.4, -0.2) is 16.2 Å². The second-order valence-corrected chi connectivity index (χ2v) is 5.49. The standard InChI is InChI=1S/C16H25N3O/c1-6-11(7-2)15(17-3)12-8-9-13-14(10-12)19(5)16(20)18(13)4/h8-11,15,17H,6-7H2,1-5H3. The number of benzene rings is 1. The van der Waals surface area contributed by atoms with Gasteiger partial charge in [0, 0.05) is 20.1 Å². The molecular formula is C16H25N3O. The molecule has 0 spiro atoms. The molecule has 1 unspecified atom stereocenters. The van der Waals surface area contributed by atoms with Crippen LogP contribution in [0.5, 0.6) is 0 Å². The van der Waals surface area contributed by atoms with Gasteiger partial charge in [0.2, 0.25) is 0 Å². The summed E-state index contributed by atoms with van der Waals surface area (Å²) in [6, 6.07) is 6.68. The van der Waals surface area contributed by atoms with Crippen molar-refractivity contribution in [3.63, 3.8) is 0 Å². The van der Waals surface area contributed by atoms with Crippen LogP contribution in [0.4, 0.5) is 0 Å². The van der Waals surface area contributed by atoms with Gasteiger partial charge < -0.3 is 5.32 Å². The van der Waals surface area contributed by atoms with Crippen LogP contribution in [0, 0.1) is 5.92 Å². The number of fused-ring (bicyclic) bond motifs is 1. The van der Waals surface area contributed by atoms with Crippen LogP contribution in [0.2, 0.25) is 0 Å². The summed E-state index contributed by atoms with van der Waals surface area (Å²) in [5, 5.41) is 3.43. The van der Waals surface area contributed by atoms with Crippen LogP contribution < -0.4 is 11.0 Å². The molecule has 0 radical (unpaired) electrons. The highest BCUT2D eigenvalue weighted by atomic mass is 16.1. The maximum Gasteiger partial charge on any atom is 0.328 e. The van der Waals surface area contributed by atoms with Gasteiger partial charge in [0.15, 0.2) is 0 Å². The number of hydrogen-bond donors (Lipinski definition) is 1. The lowest BCUT2D eigenvalue weighted by Crippen LogP contribution is -2.24. The normalized spacial score (nSPS) is 13.3. The minimum atomic E-state index is 0.0284. The molecule has 2 aromatic rings. The Hall–Kier alpha value is -1.55. The molecular weight excluding hydrogens is 250 g/mol. The van der Waals surface area contributed by atoms with E-state index in [0.29, 0.717) is 12.0 Å². The van der Waals surface area contributed by atoms with E-state index in [1.807, 2.05) is 21.1 Å². The SMILES string of the molecule is CCC(CC)C(NC)c1ccc2c(c1)n(C)c(=O)n2C. The van der Waals surface area contributed by atoms with Crippen molar-refractivity contribution in [3.8, 4) is 0 Å². The van der Waals surface area contributed by atoms with Gasteiger partial charge >= 0.3 is 5.69 Å². The minimum absolute atomic E-state index is 0.0284. The van der Waals surface area contributed by atoms with E-state index in [1.54, 1.807) is 9.13 Å². The van der Waals surface area contributed by atoms with Crippen molar-refractivity contribution in [3.05, 3.63) is 34.2 Å². The number of aryl methyl sites for hydroxylation is 2. The van der Waals surface area contributed by atoms with E-state index in [0.717, 1.165) is 23.9 Å². The Kier molecular flexibility index (Phi) is 4.33. The maximum absolute atomic E-state index is 12.0. The van der Waals surface area contributed by atoms with E-state index in [2.05, 4.69) is 37.4 Å². The first-order valence-corrected chi connectivity index (χ1v) is 7.37. The second-order valence-electron chi connectivity index (χ2n) is 5.49. The van der Waals surface area contributed by atoms with Crippen LogP contribution in [-0.2, 0) is 14.1 Å². The number of hydrogen-bond acceptors (Lipinski definition) is 2. The van der Waals surface area contributed by atoms with Crippen LogP contribution in [0.15, 0.2) is 23.0 Å². The minimum Gasteiger partial charge on any atom is -0.313 e. The summed E-state index contributed by atoms with van der Waals surface area (Å²) in [5.74, 6) is 0.609. The number of nitrogens with zero attached hydrogens (tertiary/aromatic N) is 2. The van der Waals surface area contributed by atoms with Crippen molar-refractivity contribution < 1.29 is 0 Å². The molecule has 1 atom stereocenters. The highest BCUT2D eigenvalue weighted by molar-refractivity contribution is 5.77. The molecule has 1 N–H and O–H groups in total. The van der Waals surface area contributed by atoms with Crippen molar-refractivity contribution in [1.29, 1.82) is 0 Å². The van der Waals surface area contributed by atoms with Crippen molar-refractivity contribution >= 4 is 11.0 Å². The van der Waals surface area contributed by atoms with Crippen LogP contribution in [0.25, 0.3) is 11.0 Å². The van der Waals surface area contributed by atoms with Crippen LogP contribution in [0.3, 0.4) is 0 Å². The Morgan fingerprint density at radius 1 is 1.10 bits per heavy atom. The van der Waals surface area contributed by atoms with Gasteiger partial charge in [-0.3, -0.25) is 9.13 Å². The number of nitrogens with one attached hydrogen (secondary N) is 1. The van der Waals surface area contributed by atoms with E-state index in [1.165, 1.54) is 5.56 Å². The van der Waals surface area contributed by atoms with Gasteiger partial charge in [-0.25, -0.2) is 4.79 Å². The first kappa shape index (κ1) is 14.9. The van der Waals surface area contributed by atoms with E-state index >= 15 is 0 Å². The summed E-state index contributed by atoms with van der Waals surface area (Å²) >= 11 is 0. The smallest absolute Gasteiger partial charge is 0.313 e. The molecule has 0 bridgehead atoms. The first-order valence-electron chi connectivity index (χ1n) is 7.37. The molecule has 0 aliphatic heterocycles. The zero-order valence-corrected chi connectivity index (χ0v) is 13.1. The van der Waals surface area contributed by atoms with E-state index in [9.17, 15) is 4.79 Å². The number of imidazole rings is 1. The molecule has 4 heteroatoms. The summed E-state index contributed by atoms with van der Waals surface area (Å²) in [4.78, 5) is 12.0.